The number of nitrogens with zero attached hydrogens (tertiary/aromatic N) is 2. The maximum absolute atomic E-state index is 3.98. The fourth-order valence-electron chi connectivity index (χ4n) is 1.93. The third kappa shape index (κ3) is 1.34. The number of hydrogen-bond donors (Lipinski definition) is 2. The van der Waals surface area contributed by atoms with Crippen molar-refractivity contribution in [3.8, 4) is 0 Å². The summed E-state index contributed by atoms with van der Waals surface area (Å²) in [5.41, 5.74) is 2.38. The lowest BCUT2D eigenvalue weighted by molar-refractivity contribution is 0.899. The lowest BCUT2D eigenvalue weighted by Crippen LogP contribution is -2.30. The van der Waals surface area contributed by atoms with E-state index in [1.54, 1.807) is 6.20 Å². The van der Waals surface area contributed by atoms with Crippen LogP contribution in [0, 0.1) is 0 Å². The van der Waals surface area contributed by atoms with Gasteiger partial charge in [0.25, 0.3) is 0 Å². The van der Waals surface area contributed by atoms with E-state index in [9.17, 15) is 0 Å². The minimum Gasteiger partial charge on any atom is -0.382 e. The van der Waals surface area contributed by atoms with Gasteiger partial charge in [-0.2, -0.15) is 5.10 Å². The zero-order valence-electron chi connectivity index (χ0n) is 8.27. The summed E-state index contributed by atoms with van der Waals surface area (Å²) < 4.78 is 0. The molecule has 4 nitrogen and oxygen atoms in total. The van der Waals surface area contributed by atoms with Gasteiger partial charge in [0.1, 0.15) is 5.82 Å². The lowest BCUT2D eigenvalue weighted by atomic mass is 10.2. The molecule has 0 saturated heterocycles. The Morgan fingerprint density at radius 3 is 3.00 bits per heavy atom. The molecule has 1 aromatic heterocycles. The van der Waals surface area contributed by atoms with Crippen LogP contribution in [-0.4, -0.2) is 23.3 Å². The van der Waals surface area contributed by atoms with E-state index in [0.29, 0.717) is 0 Å². The van der Waals surface area contributed by atoms with Crippen LogP contribution in [0.5, 0.6) is 0 Å². The molecule has 15 heavy (non-hydrogen) atoms. The van der Waals surface area contributed by atoms with Crippen molar-refractivity contribution < 1.29 is 0 Å². The van der Waals surface area contributed by atoms with Crippen molar-refractivity contribution in [2.45, 2.75) is 0 Å². The second-order valence-corrected chi connectivity index (χ2v) is 3.54. The molecule has 1 aliphatic heterocycles. The first-order chi connectivity index (χ1) is 7.45. The Bertz CT molecular complexity index is 449. The number of fused-ring (bicyclic) bond motifs is 1. The van der Waals surface area contributed by atoms with Crippen LogP contribution in [0.4, 0.5) is 17.2 Å². The molecule has 0 amide bonds. The van der Waals surface area contributed by atoms with Gasteiger partial charge in [0.2, 0.25) is 0 Å². The maximum Gasteiger partial charge on any atom is 0.128 e. The average molecular weight is 200 g/mol. The molecule has 4 heteroatoms. The molecule has 0 bridgehead atoms. The zero-order chi connectivity index (χ0) is 10.1. The second-order valence-electron chi connectivity index (χ2n) is 3.54. The number of aromatic nitrogens is 2. The van der Waals surface area contributed by atoms with Crippen molar-refractivity contribution in [1.29, 1.82) is 0 Å². The molecule has 2 N–H and O–H groups in total. The second kappa shape index (κ2) is 3.31. The molecule has 1 aromatic carbocycles. The predicted octanol–water partition coefficient (Wildman–Crippen LogP) is 1.97. The summed E-state index contributed by atoms with van der Waals surface area (Å²) in [5, 5.41) is 10.4. The van der Waals surface area contributed by atoms with Crippen LogP contribution in [0.15, 0.2) is 36.5 Å². The van der Waals surface area contributed by atoms with Crippen molar-refractivity contribution in [3.05, 3.63) is 36.5 Å². The summed E-state index contributed by atoms with van der Waals surface area (Å²) in [6.07, 6.45) is 1.78. The highest BCUT2D eigenvalue weighted by atomic mass is 15.3. The average Bonchev–Trinajstić information content (AvgIpc) is 2.82. The zero-order valence-corrected chi connectivity index (χ0v) is 8.27. The van der Waals surface area contributed by atoms with Crippen molar-refractivity contribution in [2.24, 2.45) is 0 Å². The highest BCUT2D eigenvalue weighted by Gasteiger charge is 2.17. The minimum atomic E-state index is 0.954. The summed E-state index contributed by atoms with van der Waals surface area (Å²) in [5.74, 6) is 1.05. The van der Waals surface area contributed by atoms with Crippen molar-refractivity contribution in [2.75, 3.05) is 23.3 Å². The Morgan fingerprint density at radius 1 is 1.20 bits per heavy atom. The van der Waals surface area contributed by atoms with Gasteiger partial charge in [-0.15, -0.1) is 0 Å². The lowest BCUT2D eigenvalue weighted by Gasteiger charge is -2.30. The number of para-hydroxylation sites is 2. The number of aromatic amines is 1. The van der Waals surface area contributed by atoms with Gasteiger partial charge < -0.3 is 10.2 Å². The molecule has 2 aromatic rings. The first-order valence-corrected chi connectivity index (χ1v) is 5.05. The summed E-state index contributed by atoms with van der Waals surface area (Å²) in [6, 6.07) is 10.3. The fraction of sp³-hybridized carbons (Fsp3) is 0.182. The first-order valence-electron chi connectivity index (χ1n) is 5.05. The van der Waals surface area contributed by atoms with Gasteiger partial charge in [-0.05, 0) is 12.1 Å². The number of rotatable bonds is 1. The van der Waals surface area contributed by atoms with E-state index in [-0.39, 0.29) is 0 Å². The van der Waals surface area contributed by atoms with Crippen molar-refractivity contribution in [3.63, 3.8) is 0 Å². The van der Waals surface area contributed by atoms with Crippen LogP contribution in [0.25, 0.3) is 0 Å². The van der Waals surface area contributed by atoms with E-state index in [4.69, 9.17) is 0 Å². The Balaban J connectivity index is 2.06. The van der Waals surface area contributed by atoms with Gasteiger partial charge in [0.15, 0.2) is 0 Å². The standard InChI is InChI=1S/C11H12N4/c1-2-4-10-9(3-1)12-7-8-15(10)11-5-6-13-14-11/h1-6,12H,7-8H2,(H,13,14). The molecule has 2 heterocycles. The Kier molecular flexibility index (Phi) is 1.84. The van der Waals surface area contributed by atoms with Crippen LogP contribution < -0.4 is 10.2 Å². The summed E-state index contributed by atoms with van der Waals surface area (Å²) in [6.45, 7) is 1.91. The molecule has 0 unspecified atom stereocenters. The molecule has 0 fully saturated rings. The Morgan fingerprint density at radius 2 is 2.13 bits per heavy atom. The summed E-state index contributed by atoms with van der Waals surface area (Å²) in [4.78, 5) is 2.23. The highest BCUT2D eigenvalue weighted by Crippen LogP contribution is 2.32. The van der Waals surface area contributed by atoms with Crippen LogP contribution in [0.2, 0.25) is 0 Å². The molecular weight excluding hydrogens is 188 g/mol. The summed E-state index contributed by atoms with van der Waals surface area (Å²) in [7, 11) is 0. The topological polar surface area (TPSA) is 44.0 Å². The van der Waals surface area contributed by atoms with Crippen LogP contribution in [-0.2, 0) is 0 Å². The number of H-pyrrole nitrogens is 1. The molecular formula is C11H12N4. The van der Waals surface area contributed by atoms with E-state index in [1.807, 2.05) is 12.1 Å². The van der Waals surface area contributed by atoms with E-state index in [2.05, 4.69) is 38.6 Å². The molecule has 3 rings (SSSR count). The van der Waals surface area contributed by atoms with E-state index in [1.165, 1.54) is 11.4 Å². The molecule has 1 aliphatic rings. The molecule has 0 aliphatic carbocycles. The van der Waals surface area contributed by atoms with Gasteiger partial charge in [-0.1, -0.05) is 12.1 Å². The number of nitrogens with one attached hydrogen (secondary N) is 2. The largest absolute Gasteiger partial charge is 0.382 e. The molecule has 0 radical (unpaired) electrons. The quantitative estimate of drug-likeness (QED) is 0.739. The third-order valence-corrected chi connectivity index (χ3v) is 2.62. The summed E-state index contributed by atoms with van der Waals surface area (Å²) >= 11 is 0. The van der Waals surface area contributed by atoms with Crippen molar-refractivity contribution in [1.82, 2.24) is 10.2 Å². The van der Waals surface area contributed by atoms with Crippen LogP contribution in [0.3, 0.4) is 0 Å². The van der Waals surface area contributed by atoms with Crippen LogP contribution >= 0.6 is 0 Å². The van der Waals surface area contributed by atoms with Gasteiger partial charge in [-0.25, -0.2) is 0 Å². The van der Waals surface area contributed by atoms with Crippen LogP contribution in [0.1, 0.15) is 0 Å². The molecule has 76 valence electrons. The molecule has 0 saturated carbocycles. The smallest absolute Gasteiger partial charge is 0.128 e. The third-order valence-electron chi connectivity index (χ3n) is 2.62. The Hall–Kier alpha value is -1.97. The van der Waals surface area contributed by atoms with Gasteiger partial charge in [0, 0.05) is 19.2 Å². The first kappa shape index (κ1) is 8.35. The van der Waals surface area contributed by atoms with E-state index < -0.39 is 0 Å². The fourth-order valence-corrected chi connectivity index (χ4v) is 1.93. The Labute approximate surface area is 87.9 Å². The monoisotopic (exact) mass is 200 g/mol. The highest BCUT2D eigenvalue weighted by molar-refractivity contribution is 5.76. The normalized spacial score (nSPS) is 14.5. The van der Waals surface area contributed by atoms with Gasteiger partial charge in [0.05, 0.1) is 17.6 Å². The van der Waals surface area contributed by atoms with Gasteiger partial charge >= 0.3 is 0 Å². The van der Waals surface area contributed by atoms with E-state index >= 15 is 0 Å². The molecule has 0 atom stereocenters. The number of benzene rings is 1. The number of anilines is 3. The van der Waals surface area contributed by atoms with E-state index in [0.717, 1.165) is 18.9 Å². The van der Waals surface area contributed by atoms with Gasteiger partial charge in [-0.3, -0.25) is 5.10 Å². The maximum atomic E-state index is 3.98. The predicted molar refractivity (Wildman–Crippen MR) is 60.5 cm³/mol. The number of hydrogen-bond acceptors (Lipinski definition) is 3. The van der Waals surface area contributed by atoms with Crippen molar-refractivity contribution >= 4 is 17.2 Å². The SMILES string of the molecule is c1ccc2c(c1)NCCN2c1ccn[nH]1. The molecule has 0 spiro atoms. The minimum absolute atomic E-state index is 0.954.